The van der Waals surface area contributed by atoms with Crippen molar-refractivity contribution in [3.05, 3.63) is 28.2 Å². The minimum absolute atomic E-state index is 0.0929. The normalized spacial score (nSPS) is 12.8. The SMILES string of the molecule is NCCC(O)c1ccc(Br)cc1O. The van der Waals surface area contributed by atoms with Crippen LogP contribution < -0.4 is 5.73 Å². The van der Waals surface area contributed by atoms with Crippen molar-refractivity contribution < 1.29 is 10.2 Å². The molecule has 1 unspecified atom stereocenters. The summed E-state index contributed by atoms with van der Waals surface area (Å²) in [6.45, 7) is 0.399. The molecule has 0 spiro atoms. The van der Waals surface area contributed by atoms with Crippen LogP contribution in [-0.2, 0) is 0 Å². The van der Waals surface area contributed by atoms with Gasteiger partial charge < -0.3 is 15.9 Å². The first-order chi connectivity index (χ1) is 6.15. The van der Waals surface area contributed by atoms with E-state index in [1.807, 2.05) is 0 Å². The Bertz CT molecular complexity index is 291. The summed E-state index contributed by atoms with van der Waals surface area (Å²) >= 11 is 3.22. The number of benzene rings is 1. The second-order valence-corrected chi connectivity index (χ2v) is 3.71. The van der Waals surface area contributed by atoms with Crippen LogP contribution in [0.4, 0.5) is 0 Å². The smallest absolute Gasteiger partial charge is 0.122 e. The maximum absolute atomic E-state index is 9.54. The lowest BCUT2D eigenvalue weighted by Gasteiger charge is -2.11. The largest absolute Gasteiger partial charge is 0.508 e. The molecule has 0 saturated heterocycles. The Morgan fingerprint density at radius 1 is 1.46 bits per heavy atom. The van der Waals surface area contributed by atoms with Gasteiger partial charge in [0.15, 0.2) is 0 Å². The quantitative estimate of drug-likeness (QED) is 0.757. The standard InChI is InChI=1S/C9H12BrNO2/c10-6-1-2-7(9(13)5-6)8(12)3-4-11/h1-2,5,8,12-13H,3-4,11H2. The van der Waals surface area contributed by atoms with Crippen LogP contribution in [0.25, 0.3) is 0 Å². The van der Waals surface area contributed by atoms with E-state index in [0.29, 0.717) is 18.5 Å². The molecule has 0 heterocycles. The van der Waals surface area contributed by atoms with Crippen LogP contribution >= 0.6 is 15.9 Å². The topological polar surface area (TPSA) is 66.5 Å². The second-order valence-electron chi connectivity index (χ2n) is 2.80. The van der Waals surface area contributed by atoms with Gasteiger partial charge in [0, 0.05) is 10.0 Å². The molecule has 1 rings (SSSR count). The first-order valence-corrected chi connectivity index (χ1v) is 4.81. The minimum Gasteiger partial charge on any atom is -0.508 e. The van der Waals surface area contributed by atoms with Crippen LogP contribution in [0.5, 0.6) is 5.75 Å². The highest BCUT2D eigenvalue weighted by Gasteiger charge is 2.10. The van der Waals surface area contributed by atoms with Gasteiger partial charge in [0.05, 0.1) is 6.10 Å². The number of halogens is 1. The van der Waals surface area contributed by atoms with Gasteiger partial charge in [0.2, 0.25) is 0 Å². The number of hydrogen-bond acceptors (Lipinski definition) is 3. The Labute approximate surface area is 85.3 Å². The van der Waals surface area contributed by atoms with E-state index < -0.39 is 6.10 Å². The molecule has 0 fully saturated rings. The van der Waals surface area contributed by atoms with Crippen molar-refractivity contribution in [2.75, 3.05) is 6.54 Å². The van der Waals surface area contributed by atoms with E-state index in [-0.39, 0.29) is 5.75 Å². The maximum Gasteiger partial charge on any atom is 0.122 e. The van der Waals surface area contributed by atoms with E-state index in [1.165, 1.54) is 0 Å². The Morgan fingerprint density at radius 2 is 2.15 bits per heavy atom. The molecule has 0 amide bonds. The lowest BCUT2D eigenvalue weighted by atomic mass is 10.1. The molecule has 1 aromatic rings. The molecular weight excluding hydrogens is 234 g/mol. The molecule has 4 heteroatoms. The predicted molar refractivity (Wildman–Crippen MR) is 54.4 cm³/mol. The predicted octanol–water partition coefficient (Wildman–Crippen LogP) is 1.54. The van der Waals surface area contributed by atoms with E-state index in [0.717, 1.165) is 4.47 Å². The Morgan fingerprint density at radius 3 is 2.69 bits per heavy atom. The first kappa shape index (κ1) is 10.5. The zero-order chi connectivity index (χ0) is 9.84. The lowest BCUT2D eigenvalue weighted by molar-refractivity contribution is 0.166. The van der Waals surface area contributed by atoms with Crippen molar-refractivity contribution in [1.82, 2.24) is 0 Å². The van der Waals surface area contributed by atoms with Gasteiger partial charge in [-0.15, -0.1) is 0 Å². The molecule has 0 radical (unpaired) electrons. The highest BCUT2D eigenvalue weighted by Crippen LogP contribution is 2.28. The molecule has 0 aliphatic carbocycles. The Balaban J connectivity index is 2.88. The Kier molecular flexibility index (Phi) is 3.71. The summed E-state index contributed by atoms with van der Waals surface area (Å²) in [7, 11) is 0. The lowest BCUT2D eigenvalue weighted by Crippen LogP contribution is -2.06. The second kappa shape index (κ2) is 4.60. The molecule has 0 saturated carbocycles. The van der Waals surface area contributed by atoms with Crippen molar-refractivity contribution in [3.8, 4) is 5.75 Å². The molecule has 0 aliphatic heterocycles. The number of nitrogens with two attached hydrogens (primary N) is 1. The van der Waals surface area contributed by atoms with Gasteiger partial charge in [-0.25, -0.2) is 0 Å². The zero-order valence-corrected chi connectivity index (χ0v) is 8.66. The average molecular weight is 246 g/mol. The van der Waals surface area contributed by atoms with E-state index in [1.54, 1.807) is 18.2 Å². The molecule has 0 aliphatic rings. The van der Waals surface area contributed by atoms with E-state index in [9.17, 15) is 10.2 Å². The number of phenols is 1. The van der Waals surface area contributed by atoms with Crippen LogP contribution in [0.1, 0.15) is 18.1 Å². The molecule has 4 N–H and O–H groups in total. The highest BCUT2D eigenvalue weighted by atomic mass is 79.9. The molecule has 13 heavy (non-hydrogen) atoms. The van der Waals surface area contributed by atoms with Gasteiger partial charge in [-0.1, -0.05) is 22.0 Å². The Hall–Kier alpha value is -0.580. The van der Waals surface area contributed by atoms with Crippen molar-refractivity contribution in [2.45, 2.75) is 12.5 Å². The fourth-order valence-electron chi connectivity index (χ4n) is 1.11. The van der Waals surface area contributed by atoms with Crippen molar-refractivity contribution in [1.29, 1.82) is 0 Å². The van der Waals surface area contributed by atoms with Crippen LogP contribution in [0.15, 0.2) is 22.7 Å². The average Bonchev–Trinajstić information content (AvgIpc) is 2.04. The molecule has 1 atom stereocenters. The summed E-state index contributed by atoms with van der Waals surface area (Å²) in [5, 5.41) is 19.0. The van der Waals surface area contributed by atoms with Crippen molar-refractivity contribution in [3.63, 3.8) is 0 Å². The van der Waals surface area contributed by atoms with Crippen LogP contribution in [0, 0.1) is 0 Å². The van der Waals surface area contributed by atoms with Crippen LogP contribution in [0.2, 0.25) is 0 Å². The number of phenolic OH excluding ortho intramolecular Hbond substituents is 1. The van der Waals surface area contributed by atoms with Crippen LogP contribution in [-0.4, -0.2) is 16.8 Å². The number of hydrogen-bond donors (Lipinski definition) is 3. The number of aliphatic hydroxyl groups is 1. The summed E-state index contributed by atoms with van der Waals surface area (Å²) in [6, 6.07) is 5.00. The fraction of sp³-hybridized carbons (Fsp3) is 0.333. The summed E-state index contributed by atoms with van der Waals surface area (Å²) in [4.78, 5) is 0. The van der Waals surface area contributed by atoms with Gasteiger partial charge in [-0.3, -0.25) is 0 Å². The first-order valence-electron chi connectivity index (χ1n) is 4.01. The van der Waals surface area contributed by atoms with E-state index >= 15 is 0 Å². The summed E-state index contributed by atoms with van der Waals surface area (Å²) in [5.41, 5.74) is 5.82. The molecule has 1 aromatic carbocycles. The third-order valence-electron chi connectivity index (χ3n) is 1.79. The van der Waals surface area contributed by atoms with E-state index in [2.05, 4.69) is 15.9 Å². The molecule has 3 nitrogen and oxygen atoms in total. The maximum atomic E-state index is 9.54. The van der Waals surface area contributed by atoms with E-state index in [4.69, 9.17) is 5.73 Å². The number of aliphatic hydroxyl groups excluding tert-OH is 1. The molecule has 0 bridgehead atoms. The summed E-state index contributed by atoms with van der Waals surface area (Å²) in [6.07, 6.45) is -0.229. The summed E-state index contributed by atoms with van der Waals surface area (Å²) in [5.74, 6) is 0.0929. The van der Waals surface area contributed by atoms with Gasteiger partial charge in [-0.2, -0.15) is 0 Å². The molecular formula is C9H12BrNO2. The van der Waals surface area contributed by atoms with Gasteiger partial charge >= 0.3 is 0 Å². The molecule has 72 valence electrons. The monoisotopic (exact) mass is 245 g/mol. The number of rotatable bonds is 3. The van der Waals surface area contributed by atoms with Gasteiger partial charge in [0.25, 0.3) is 0 Å². The third kappa shape index (κ3) is 2.69. The zero-order valence-electron chi connectivity index (χ0n) is 7.07. The molecule has 0 aromatic heterocycles. The fourth-order valence-corrected chi connectivity index (χ4v) is 1.46. The van der Waals surface area contributed by atoms with Crippen molar-refractivity contribution >= 4 is 15.9 Å². The van der Waals surface area contributed by atoms with Gasteiger partial charge in [-0.05, 0) is 25.1 Å². The van der Waals surface area contributed by atoms with Crippen LogP contribution in [0.3, 0.4) is 0 Å². The number of aromatic hydroxyl groups is 1. The minimum atomic E-state index is -0.682. The van der Waals surface area contributed by atoms with Crippen molar-refractivity contribution in [2.24, 2.45) is 5.73 Å². The highest BCUT2D eigenvalue weighted by molar-refractivity contribution is 9.10. The summed E-state index contributed by atoms with van der Waals surface area (Å²) < 4.78 is 0.786. The third-order valence-corrected chi connectivity index (χ3v) is 2.28. The van der Waals surface area contributed by atoms with Gasteiger partial charge in [0.1, 0.15) is 5.75 Å².